The van der Waals surface area contributed by atoms with Crippen LogP contribution in [0.15, 0.2) is 86.7 Å². The molecule has 1 aromatic carbocycles. The van der Waals surface area contributed by atoms with Crippen LogP contribution in [0.2, 0.25) is 0 Å². The first-order valence-electron chi connectivity index (χ1n) is 10.4. The topological polar surface area (TPSA) is 6.48 Å². The normalized spacial score (nSPS) is 11.0. The minimum atomic E-state index is 0.732. The largest absolute Gasteiger partial charge is 0.364 e. The molecule has 0 fully saturated rings. The molecule has 0 bridgehead atoms. The Morgan fingerprint density at radius 1 is 0.933 bits per heavy atom. The van der Waals surface area contributed by atoms with Crippen LogP contribution in [0.4, 0.5) is 5.69 Å². The van der Waals surface area contributed by atoms with Crippen molar-refractivity contribution in [1.29, 1.82) is 0 Å². The minimum absolute atomic E-state index is 0.732. The molecule has 0 unspecified atom stereocenters. The van der Waals surface area contributed by atoms with Crippen LogP contribution in [0, 0.1) is 26.2 Å². The summed E-state index contributed by atoms with van der Waals surface area (Å²) in [6.07, 6.45) is 21.1. The molecule has 158 valence electrons. The van der Waals surface area contributed by atoms with Crippen LogP contribution < -0.4 is 4.90 Å². The summed E-state index contributed by atoms with van der Waals surface area (Å²) < 4.78 is 0. The van der Waals surface area contributed by atoms with Crippen LogP contribution in [0.3, 0.4) is 0 Å². The van der Waals surface area contributed by atoms with Crippen LogP contribution in [0.25, 0.3) is 0 Å². The van der Waals surface area contributed by atoms with Gasteiger partial charge in [0.15, 0.2) is 0 Å². The average molecular weight is 401 g/mol. The summed E-state index contributed by atoms with van der Waals surface area (Å²) in [5, 5.41) is 0. The van der Waals surface area contributed by atoms with Crippen LogP contribution in [0.1, 0.15) is 23.1 Å². The van der Waals surface area contributed by atoms with E-state index in [9.17, 15) is 0 Å². The maximum atomic E-state index is 5.52. The van der Waals surface area contributed by atoms with Gasteiger partial charge in [-0.15, -0.1) is 32.7 Å². The lowest BCUT2D eigenvalue weighted by Crippen LogP contribution is -2.23. The van der Waals surface area contributed by atoms with E-state index in [1.165, 1.54) is 22.4 Å². The van der Waals surface area contributed by atoms with E-state index in [2.05, 4.69) is 80.2 Å². The maximum absolute atomic E-state index is 5.52. The SMILES string of the molecule is C#C/C=C(\C=C/CCc1c(C)cc(N(CC=C)CC=C)cc1C)N(CC=C)CC=C. The third-order valence-electron chi connectivity index (χ3n) is 4.89. The van der Waals surface area contributed by atoms with E-state index in [0.717, 1.165) is 44.7 Å². The fraction of sp³-hybridized carbons (Fsp3) is 0.286. The van der Waals surface area contributed by atoms with E-state index in [-0.39, 0.29) is 0 Å². The second-order valence-corrected chi connectivity index (χ2v) is 7.20. The molecule has 0 aliphatic heterocycles. The van der Waals surface area contributed by atoms with Crippen molar-refractivity contribution in [2.75, 3.05) is 31.1 Å². The Hall–Kier alpha value is -3.18. The summed E-state index contributed by atoms with van der Waals surface area (Å²) in [6, 6.07) is 4.53. The second kappa shape index (κ2) is 13.9. The average Bonchev–Trinajstić information content (AvgIpc) is 2.71. The van der Waals surface area contributed by atoms with Gasteiger partial charge in [0.2, 0.25) is 0 Å². The van der Waals surface area contributed by atoms with Crippen molar-refractivity contribution in [1.82, 2.24) is 4.90 Å². The van der Waals surface area contributed by atoms with E-state index >= 15 is 0 Å². The highest BCUT2D eigenvalue weighted by molar-refractivity contribution is 5.55. The minimum Gasteiger partial charge on any atom is -0.364 e. The molecular formula is C28H36N2. The van der Waals surface area contributed by atoms with Crippen LogP contribution in [-0.2, 0) is 6.42 Å². The molecule has 0 atom stereocenters. The first-order valence-corrected chi connectivity index (χ1v) is 10.4. The highest BCUT2D eigenvalue weighted by Gasteiger charge is 2.09. The van der Waals surface area contributed by atoms with Gasteiger partial charge in [0.25, 0.3) is 0 Å². The number of benzene rings is 1. The first-order chi connectivity index (χ1) is 14.5. The lowest BCUT2D eigenvalue weighted by molar-refractivity contribution is 0.435. The molecule has 1 aromatic rings. The fourth-order valence-corrected chi connectivity index (χ4v) is 3.50. The molecule has 0 heterocycles. The molecule has 0 aliphatic rings. The van der Waals surface area contributed by atoms with Gasteiger partial charge in [0.05, 0.1) is 0 Å². The molecule has 30 heavy (non-hydrogen) atoms. The predicted molar refractivity (Wildman–Crippen MR) is 135 cm³/mol. The van der Waals surface area contributed by atoms with Gasteiger partial charge in [-0.2, -0.15) is 0 Å². The van der Waals surface area contributed by atoms with Gasteiger partial charge < -0.3 is 9.80 Å². The van der Waals surface area contributed by atoms with Gasteiger partial charge in [-0.25, -0.2) is 0 Å². The van der Waals surface area contributed by atoms with E-state index in [0.29, 0.717) is 0 Å². The van der Waals surface area contributed by atoms with Crippen molar-refractivity contribution >= 4 is 5.69 Å². The Morgan fingerprint density at radius 3 is 1.93 bits per heavy atom. The zero-order valence-corrected chi connectivity index (χ0v) is 18.7. The number of aryl methyl sites for hydroxylation is 2. The van der Waals surface area contributed by atoms with Gasteiger partial charge in [-0.3, -0.25) is 0 Å². The highest BCUT2D eigenvalue weighted by atomic mass is 15.1. The summed E-state index contributed by atoms with van der Waals surface area (Å²) in [5.41, 5.74) is 6.25. The summed E-state index contributed by atoms with van der Waals surface area (Å²) in [4.78, 5) is 4.42. The van der Waals surface area contributed by atoms with Crippen molar-refractivity contribution in [3.8, 4) is 12.3 Å². The molecule has 0 amide bonds. The number of allylic oxidation sites excluding steroid dienone is 3. The third kappa shape index (κ3) is 7.68. The Bertz CT molecular complexity index is 790. The number of nitrogens with zero attached hydrogens (tertiary/aromatic N) is 2. The van der Waals surface area contributed by atoms with Crippen molar-refractivity contribution in [2.24, 2.45) is 0 Å². The molecule has 0 spiro atoms. The summed E-state index contributed by atoms with van der Waals surface area (Å²) in [7, 11) is 0. The van der Waals surface area contributed by atoms with Crippen LogP contribution in [-0.4, -0.2) is 31.1 Å². The van der Waals surface area contributed by atoms with Crippen molar-refractivity contribution in [2.45, 2.75) is 26.7 Å². The number of anilines is 1. The summed E-state index contributed by atoms with van der Waals surface area (Å²) >= 11 is 0. The predicted octanol–water partition coefficient (Wildman–Crippen LogP) is 6.16. The number of rotatable bonds is 14. The lowest BCUT2D eigenvalue weighted by Gasteiger charge is -2.24. The Balaban J connectivity index is 2.93. The number of terminal acetylenes is 1. The molecule has 2 heteroatoms. The first kappa shape index (κ1) is 24.9. The van der Waals surface area contributed by atoms with E-state index in [1.54, 1.807) is 6.08 Å². The summed E-state index contributed by atoms with van der Waals surface area (Å²) in [6.45, 7) is 22.9. The smallest absolute Gasteiger partial charge is 0.0453 e. The second-order valence-electron chi connectivity index (χ2n) is 7.20. The van der Waals surface area contributed by atoms with Gasteiger partial charge in [0.1, 0.15) is 0 Å². The zero-order chi connectivity index (χ0) is 22.4. The molecule has 1 rings (SSSR count). The fourth-order valence-electron chi connectivity index (χ4n) is 3.50. The highest BCUT2D eigenvalue weighted by Crippen LogP contribution is 2.24. The maximum Gasteiger partial charge on any atom is 0.0453 e. The van der Waals surface area contributed by atoms with E-state index in [1.807, 2.05) is 24.3 Å². The molecule has 0 aromatic heterocycles. The number of hydrogen-bond donors (Lipinski definition) is 0. The van der Waals surface area contributed by atoms with Gasteiger partial charge >= 0.3 is 0 Å². The van der Waals surface area contributed by atoms with Gasteiger partial charge in [0, 0.05) is 43.6 Å². The van der Waals surface area contributed by atoms with Crippen molar-refractivity contribution in [3.05, 3.63) is 103 Å². The Kier molecular flexibility index (Phi) is 11.5. The third-order valence-corrected chi connectivity index (χ3v) is 4.89. The van der Waals surface area contributed by atoms with Crippen LogP contribution in [0.5, 0.6) is 0 Å². The van der Waals surface area contributed by atoms with Gasteiger partial charge in [-0.05, 0) is 61.6 Å². The monoisotopic (exact) mass is 400 g/mol. The number of hydrogen-bond acceptors (Lipinski definition) is 2. The molecular weight excluding hydrogens is 364 g/mol. The molecule has 2 nitrogen and oxygen atoms in total. The van der Waals surface area contributed by atoms with E-state index < -0.39 is 0 Å². The molecule has 0 radical (unpaired) electrons. The Morgan fingerprint density at radius 2 is 1.47 bits per heavy atom. The Labute approximate surface area is 184 Å². The quantitative estimate of drug-likeness (QED) is 0.210. The van der Waals surface area contributed by atoms with Gasteiger partial charge in [-0.1, -0.05) is 36.3 Å². The summed E-state index contributed by atoms with van der Waals surface area (Å²) in [5.74, 6) is 2.64. The molecule has 0 saturated heterocycles. The standard InChI is InChI=1S/C28H36N2/c1-8-15-26(29(18-9-2)19-10-3)16-13-14-17-28-24(6)22-27(23-25(28)7)30(20-11-4)21-12-5/h1,9-13,15-16,22-23H,2-5,14,17-21H2,6-7H3/b16-13-,26-15+. The molecule has 0 N–H and O–H groups in total. The molecule has 0 saturated carbocycles. The van der Waals surface area contributed by atoms with E-state index in [4.69, 9.17) is 6.42 Å². The van der Waals surface area contributed by atoms with Crippen molar-refractivity contribution in [3.63, 3.8) is 0 Å². The lowest BCUT2D eigenvalue weighted by atomic mass is 9.97. The zero-order valence-electron chi connectivity index (χ0n) is 18.7. The molecule has 0 aliphatic carbocycles. The van der Waals surface area contributed by atoms with Crippen molar-refractivity contribution < 1.29 is 0 Å². The van der Waals surface area contributed by atoms with Crippen LogP contribution >= 0.6 is 0 Å².